The number of ether oxygens (including phenoxy) is 1. The van der Waals surface area contributed by atoms with Crippen LogP contribution in [0, 0.1) is 0 Å². The van der Waals surface area contributed by atoms with E-state index in [4.69, 9.17) is 4.74 Å². The Bertz CT molecular complexity index is 496. The summed E-state index contributed by atoms with van der Waals surface area (Å²) in [5.74, 6) is 0. The van der Waals surface area contributed by atoms with Gasteiger partial charge in [-0.25, -0.2) is 0 Å². The molecule has 0 radical (unpaired) electrons. The molecule has 3 unspecified atom stereocenters. The van der Waals surface area contributed by atoms with Gasteiger partial charge < -0.3 is 15.2 Å². The van der Waals surface area contributed by atoms with E-state index in [0.29, 0.717) is 0 Å². The van der Waals surface area contributed by atoms with Crippen molar-refractivity contribution in [3.63, 3.8) is 0 Å². The van der Waals surface area contributed by atoms with Gasteiger partial charge in [0.15, 0.2) is 0 Å². The lowest BCUT2D eigenvalue weighted by molar-refractivity contribution is -0.0702. The third-order valence-electron chi connectivity index (χ3n) is 4.67. The SMILES string of the molecule is CC1CN(CCC(O)c2ccc3c(c2)CCCN3)CC(C)O1. The molecule has 4 heteroatoms. The molecule has 0 bridgehead atoms. The Kier molecular flexibility index (Phi) is 5.01. The fourth-order valence-corrected chi connectivity index (χ4v) is 3.64. The van der Waals surface area contributed by atoms with E-state index in [1.165, 1.54) is 17.7 Å². The van der Waals surface area contributed by atoms with Gasteiger partial charge >= 0.3 is 0 Å². The van der Waals surface area contributed by atoms with Crippen LogP contribution in [0.15, 0.2) is 18.2 Å². The zero-order chi connectivity index (χ0) is 15.5. The van der Waals surface area contributed by atoms with E-state index >= 15 is 0 Å². The summed E-state index contributed by atoms with van der Waals surface area (Å²) in [5, 5.41) is 13.9. The molecular weight excluding hydrogens is 276 g/mol. The van der Waals surface area contributed by atoms with Crippen LogP contribution in [0.1, 0.15) is 43.9 Å². The van der Waals surface area contributed by atoms with Gasteiger partial charge in [0.25, 0.3) is 0 Å². The first-order valence-electron chi connectivity index (χ1n) is 8.54. The quantitative estimate of drug-likeness (QED) is 0.897. The van der Waals surface area contributed by atoms with Gasteiger partial charge in [-0.3, -0.25) is 4.90 Å². The van der Waals surface area contributed by atoms with Crippen LogP contribution < -0.4 is 5.32 Å². The van der Waals surface area contributed by atoms with E-state index in [-0.39, 0.29) is 18.3 Å². The van der Waals surface area contributed by atoms with Gasteiger partial charge in [-0.2, -0.15) is 0 Å². The van der Waals surface area contributed by atoms with Crippen molar-refractivity contribution in [3.8, 4) is 0 Å². The van der Waals surface area contributed by atoms with Gasteiger partial charge in [-0.1, -0.05) is 12.1 Å². The number of benzene rings is 1. The van der Waals surface area contributed by atoms with Crippen molar-refractivity contribution in [2.24, 2.45) is 0 Å². The molecule has 122 valence electrons. The summed E-state index contributed by atoms with van der Waals surface area (Å²) >= 11 is 0. The Morgan fingerprint density at radius 2 is 2.09 bits per heavy atom. The van der Waals surface area contributed by atoms with Crippen molar-refractivity contribution in [2.75, 3.05) is 31.5 Å². The van der Waals surface area contributed by atoms with E-state index in [1.54, 1.807) is 0 Å². The predicted octanol–water partition coefficient (Wildman–Crippen LogP) is 2.58. The molecule has 1 fully saturated rings. The smallest absolute Gasteiger partial charge is 0.0802 e. The third-order valence-corrected chi connectivity index (χ3v) is 4.67. The Labute approximate surface area is 133 Å². The molecule has 2 aliphatic heterocycles. The second-order valence-corrected chi connectivity index (χ2v) is 6.77. The number of aryl methyl sites for hydroxylation is 1. The number of aliphatic hydroxyl groups is 1. The van der Waals surface area contributed by atoms with Gasteiger partial charge in [0.1, 0.15) is 0 Å². The maximum Gasteiger partial charge on any atom is 0.0802 e. The van der Waals surface area contributed by atoms with Crippen molar-refractivity contribution in [2.45, 2.75) is 51.4 Å². The van der Waals surface area contributed by atoms with Crippen molar-refractivity contribution in [1.29, 1.82) is 0 Å². The van der Waals surface area contributed by atoms with Crippen LogP contribution in [0.2, 0.25) is 0 Å². The van der Waals surface area contributed by atoms with Crippen LogP contribution >= 0.6 is 0 Å². The van der Waals surface area contributed by atoms with Crippen LogP contribution in [0.25, 0.3) is 0 Å². The average molecular weight is 304 g/mol. The second kappa shape index (κ2) is 6.99. The number of rotatable bonds is 4. The molecule has 0 amide bonds. The van der Waals surface area contributed by atoms with Crippen LogP contribution in [-0.4, -0.2) is 48.4 Å². The zero-order valence-electron chi connectivity index (χ0n) is 13.7. The topological polar surface area (TPSA) is 44.7 Å². The predicted molar refractivity (Wildman–Crippen MR) is 89.3 cm³/mol. The maximum absolute atomic E-state index is 10.5. The highest BCUT2D eigenvalue weighted by Crippen LogP contribution is 2.27. The highest BCUT2D eigenvalue weighted by Gasteiger charge is 2.22. The molecule has 1 aromatic rings. The first kappa shape index (κ1) is 15.8. The Balaban J connectivity index is 1.56. The highest BCUT2D eigenvalue weighted by atomic mass is 16.5. The van der Waals surface area contributed by atoms with Crippen LogP contribution in [-0.2, 0) is 11.2 Å². The summed E-state index contributed by atoms with van der Waals surface area (Å²) in [4.78, 5) is 2.40. The van der Waals surface area contributed by atoms with Crippen LogP contribution in [0.3, 0.4) is 0 Å². The molecule has 1 saturated heterocycles. The molecular formula is C18H28N2O2. The molecule has 2 heterocycles. The number of anilines is 1. The lowest BCUT2D eigenvalue weighted by Gasteiger charge is -2.35. The summed E-state index contributed by atoms with van der Waals surface area (Å²) in [6.07, 6.45) is 3.27. The molecule has 0 saturated carbocycles. The number of morpholine rings is 1. The van der Waals surface area contributed by atoms with E-state index in [2.05, 4.69) is 42.3 Å². The largest absolute Gasteiger partial charge is 0.388 e. The van der Waals surface area contributed by atoms with Gasteiger partial charge in [0.05, 0.1) is 18.3 Å². The molecule has 4 nitrogen and oxygen atoms in total. The number of hydrogen-bond acceptors (Lipinski definition) is 4. The molecule has 1 aromatic carbocycles. The van der Waals surface area contributed by atoms with Crippen molar-refractivity contribution in [1.82, 2.24) is 4.90 Å². The summed E-state index contributed by atoms with van der Waals surface area (Å²) < 4.78 is 5.76. The van der Waals surface area contributed by atoms with Gasteiger partial charge in [0, 0.05) is 31.9 Å². The molecule has 3 atom stereocenters. The molecule has 2 N–H and O–H groups in total. The molecule has 0 aromatic heterocycles. The molecule has 3 rings (SSSR count). The van der Waals surface area contributed by atoms with Gasteiger partial charge in [-0.05, 0) is 50.3 Å². The molecule has 22 heavy (non-hydrogen) atoms. The zero-order valence-corrected chi connectivity index (χ0v) is 13.7. The minimum atomic E-state index is -0.374. The summed E-state index contributed by atoms with van der Waals surface area (Å²) in [6, 6.07) is 6.36. The number of nitrogens with one attached hydrogen (secondary N) is 1. The first-order valence-corrected chi connectivity index (χ1v) is 8.54. The summed E-state index contributed by atoms with van der Waals surface area (Å²) in [7, 11) is 0. The Morgan fingerprint density at radius 1 is 1.32 bits per heavy atom. The molecule has 0 aliphatic carbocycles. The fourth-order valence-electron chi connectivity index (χ4n) is 3.64. The number of aliphatic hydroxyl groups excluding tert-OH is 1. The minimum absolute atomic E-state index is 0.288. The lowest BCUT2D eigenvalue weighted by atomic mass is 9.97. The second-order valence-electron chi connectivity index (χ2n) is 6.77. The van der Waals surface area contributed by atoms with E-state index < -0.39 is 0 Å². The normalized spacial score (nSPS) is 27.0. The molecule has 0 spiro atoms. The summed E-state index contributed by atoms with van der Waals surface area (Å²) in [5.41, 5.74) is 3.63. The minimum Gasteiger partial charge on any atom is -0.388 e. The number of fused-ring (bicyclic) bond motifs is 1. The van der Waals surface area contributed by atoms with Crippen molar-refractivity contribution < 1.29 is 9.84 Å². The highest BCUT2D eigenvalue weighted by molar-refractivity contribution is 5.54. The Morgan fingerprint density at radius 3 is 2.86 bits per heavy atom. The standard InChI is InChI=1S/C18H28N2O2/c1-13-11-20(12-14(2)22-13)9-7-18(21)16-5-6-17-15(10-16)4-3-8-19-17/h5-6,10,13-14,18-19,21H,3-4,7-9,11-12H2,1-2H3. The third kappa shape index (κ3) is 3.80. The number of nitrogens with zero attached hydrogens (tertiary/aromatic N) is 1. The van der Waals surface area contributed by atoms with E-state index in [9.17, 15) is 5.11 Å². The average Bonchev–Trinajstić information content (AvgIpc) is 2.51. The van der Waals surface area contributed by atoms with Crippen molar-refractivity contribution in [3.05, 3.63) is 29.3 Å². The van der Waals surface area contributed by atoms with Crippen LogP contribution in [0.4, 0.5) is 5.69 Å². The van der Waals surface area contributed by atoms with Crippen LogP contribution in [0.5, 0.6) is 0 Å². The van der Waals surface area contributed by atoms with Gasteiger partial charge in [-0.15, -0.1) is 0 Å². The van der Waals surface area contributed by atoms with Gasteiger partial charge in [0.2, 0.25) is 0 Å². The monoisotopic (exact) mass is 304 g/mol. The Hall–Kier alpha value is -1.10. The van der Waals surface area contributed by atoms with E-state index in [1.807, 2.05) is 0 Å². The lowest BCUT2D eigenvalue weighted by Crippen LogP contribution is -2.45. The maximum atomic E-state index is 10.5. The summed E-state index contributed by atoms with van der Waals surface area (Å²) in [6.45, 7) is 8.15. The first-order chi connectivity index (χ1) is 10.6. The van der Waals surface area contributed by atoms with E-state index in [0.717, 1.165) is 44.6 Å². The fraction of sp³-hybridized carbons (Fsp3) is 0.667. The molecule has 2 aliphatic rings. The number of hydrogen-bond donors (Lipinski definition) is 2. The van der Waals surface area contributed by atoms with Crippen molar-refractivity contribution >= 4 is 5.69 Å².